The van der Waals surface area contributed by atoms with Gasteiger partial charge in [-0.3, -0.25) is 0 Å². The lowest BCUT2D eigenvalue weighted by Gasteiger charge is -2.13. The molecular weight excluding hydrogens is 219 g/mol. The third kappa shape index (κ3) is 2.29. The lowest BCUT2D eigenvalue weighted by atomic mass is 10.2. The summed E-state index contributed by atoms with van der Waals surface area (Å²) < 4.78 is 43.7. The smallest absolute Gasteiger partial charge is 0.194 e. The molecule has 1 aromatic carbocycles. The van der Waals surface area contributed by atoms with Gasteiger partial charge < -0.3 is 10.5 Å². The number of hydrogen-bond acceptors (Lipinski definition) is 2. The maximum absolute atomic E-state index is 12.9. The van der Waals surface area contributed by atoms with Crippen LogP contribution in [0.1, 0.15) is 19.3 Å². The second-order valence-electron chi connectivity index (χ2n) is 4.01. The van der Waals surface area contributed by atoms with Gasteiger partial charge >= 0.3 is 0 Å². The molecule has 0 aliphatic heterocycles. The van der Waals surface area contributed by atoms with E-state index in [-0.39, 0.29) is 17.9 Å². The maximum Gasteiger partial charge on any atom is 0.194 e. The molecule has 1 fully saturated rings. The molecule has 0 amide bonds. The van der Waals surface area contributed by atoms with Gasteiger partial charge in [-0.05, 0) is 19.3 Å². The second kappa shape index (κ2) is 4.33. The molecule has 1 saturated carbocycles. The predicted molar refractivity (Wildman–Crippen MR) is 52.6 cm³/mol. The number of ether oxygens (including phenoxy) is 1. The highest BCUT2D eigenvalue weighted by Gasteiger charge is 2.24. The van der Waals surface area contributed by atoms with Crippen LogP contribution in [0.4, 0.5) is 13.2 Å². The zero-order valence-corrected chi connectivity index (χ0v) is 8.55. The van der Waals surface area contributed by atoms with Crippen molar-refractivity contribution in [3.63, 3.8) is 0 Å². The third-order valence-corrected chi connectivity index (χ3v) is 2.69. The predicted octanol–water partition coefficient (Wildman–Crippen LogP) is 2.36. The van der Waals surface area contributed by atoms with E-state index < -0.39 is 17.5 Å². The largest absolute Gasteiger partial charge is 0.490 e. The molecule has 1 aliphatic rings. The molecule has 5 heteroatoms. The monoisotopic (exact) mass is 231 g/mol. The number of nitrogens with two attached hydrogens (primary N) is 1. The Bertz CT molecular complexity index is 374. The van der Waals surface area contributed by atoms with Gasteiger partial charge in [0.15, 0.2) is 17.5 Å². The molecule has 2 nitrogen and oxygen atoms in total. The molecule has 0 spiro atoms. The standard InChI is InChI=1S/C11H12F3NO/c12-9-4-8(5-10(13)11(9)14)16-7-2-1-6(15)3-7/h4-7H,1-3,15H2/t6-,7+/m0/s1. The summed E-state index contributed by atoms with van der Waals surface area (Å²) in [6.07, 6.45) is 2.10. The van der Waals surface area contributed by atoms with Gasteiger partial charge in [0.05, 0.1) is 0 Å². The lowest BCUT2D eigenvalue weighted by Crippen LogP contribution is -2.19. The van der Waals surface area contributed by atoms with Crippen LogP contribution in [0, 0.1) is 17.5 Å². The van der Waals surface area contributed by atoms with Gasteiger partial charge in [0.1, 0.15) is 11.9 Å². The average molecular weight is 231 g/mol. The van der Waals surface area contributed by atoms with Crippen molar-refractivity contribution in [2.75, 3.05) is 0 Å². The molecule has 16 heavy (non-hydrogen) atoms. The van der Waals surface area contributed by atoms with Crippen LogP contribution >= 0.6 is 0 Å². The molecule has 1 aromatic rings. The van der Waals surface area contributed by atoms with Gasteiger partial charge in [-0.2, -0.15) is 0 Å². The van der Waals surface area contributed by atoms with Gasteiger partial charge in [-0.25, -0.2) is 13.2 Å². The van der Waals surface area contributed by atoms with E-state index in [1.54, 1.807) is 0 Å². The Morgan fingerprint density at radius 3 is 2.25 bits per heavy atom. The van der Waals surface area contributed by atoms with Crippen LogP contribution in [0.3, 0.4) is 0 Å². The minimum atomic E-state index is -1.48. The van der Waals surface area contributed by atoms with Gasteiger partial charge in [-0.1, -0.05) is 0 Å². The number of rotatable bonds is 2. The molecular formula is C11H12F3NO. The Morgan fingerprint density at radius 1 is 1.12 bits per heavy atom. The van der Waals surface area contributed by atoms with Crippen LogP contribution in [-0.4, -0.2) is 12.1 Å². The van der Waals surface area contributed by atoms with Crippen LogP contribution in [0.15, 0.2) is 12.1 Å². The van der Waals surface area contributed by atoms with Gasteiger partial charge in [-0.15, -0.1) is 0 Å². The molecule has 2 rings (SSSR count). The summed E-state index contributed by atoms with van der Waals surface area (Å²) >= 11 is 0. The second-order valence-corrected chi connectivity index (χ2v) is 4.01. The Hall–Kier alpha value is -1.23. The minimum absolute atomic E-state index is 0.00972. The van der Waals surface area contributed by atoms with E-state index in [1.165, 1.54) is 0 Å². The average Bonchev–Trinajstić information content (AvgIpc) is 2.60. The van der Waals surface area contributed by atoms with Crippen LogP contribution in [0.2, 0.25) is 0 Å². The number of hydrogen-bond donors (Lipinski definition) is 1. The van der Waals surface area contributed by atoms with Crippen LogP contribution in [0.25, 0.3) is 0 Å². The van der Waals surface area contributed by atoms with Crippen molar-refractivity contribution in [1.29, 1.82) is 0 Å². The normalized spacial score (nSPS) is 24.8. The molecule has 0 aromatic heterocycles. The summed E-state index contributed by atoms with van der Waals surface area (Å²) in [5.74, 6) is -3.94. The first kappa shape index (κ1) is 11.3. The Labute approximate surface area is 91.2 Å². The lowest BCUT2D eigenvalue weighted by molar-refractivity contribution is 0.205. The molecule has 0 saturated heterocycles. The minimum Gasteiger partial charge on any atom is -0.490 e. The zero-order chi connectivity index (χ0) is 11.7. The summed E-state index contributed by atoms with van der Waals surface area (Å²) in [5.41, 5.74) is 5.67. The van der Waals surface area contributed by atoms with E-state index in [1.807, 2.05) is 0 Å². The van der Waals surface area contributed by atoms with E-state index in [4.69, 9.17) is 10.5 Å². The van der Waals surface area contributed by atoms with Crippen molar-refractivity contribution in [1.82, 2.24) is 0 Å². The summed E-state index contributed by atoms with van der Waals surface area (Å²) in [4.78, 5) is 0. The van der Waals surface area contributed by atoms with E-state index in [2.05, 4.69) is 0 Å². The van der Waals surface area contributed by atoms with Crippen LogP contribution in [-0.2, 0) is 0 Å². The van der Waals surface area contributed by atoms with Gasteiger partial charge in [0, 0.05) is 18.2 Å². The summed E-state index contributed by atoms with van der Waals surface area (Å²) in [7, 11) is 0. The van der Waals surface area contributed by atoms with E-state index >= 15 is 0 Å². The van der Waals surface area contributed by atoms with Crippen molar-refractivity contribution in [2.24, 2.45) is 5.73 Å². The Balaban J connectivity index is 2.10. The third-order valence-electron chi connectivity index (χ3n) is 2.69. The van der Waals surface area contributed by atoms with Crippen molar-refractivity contribution in [2.45, 2.75) is 31.4 Å². The quantitative estimate of drug-likeness (QED) is 0.793. The number of benzene rings is 1. The topological polar surface area (TPSA) is 35.2 Å². The first-order valence-electron chi connectivity index (χ1n) is 5.13. The molecule has 0 heterocycles. The number of halogens is 3. The SMILES string of the molecule is N[C@H]1CC[C@@H](Oc2cc(F)c(F)c(F)c2)C1. The molecule has 0 radical (unpaired) electrons. The van der Waals surface area contributed by atoms with Crippen molar-refractivity contribution in [3.05, 3.63) is 29.6 Å². The highest BCUT2D eigenvalue weighted by molar-refractivity contribution is 5.25. The fourth-order valence-corrected chi connectivity index (χ4v) is 1.87. The summed E-state index contributed by atoms with van der Waals surface area (Å²) in [6, 6.07) is 1.77. The van der Waals surface area contributed by atoms with Gasteiger partial charge in [0.25, 0.3) is 0 Å². The maximum atomic E-state index is 12.9. The van der Waals surface area contributed by atoms with E-state index in [0.717, 1.165) is 25.0 Å². The molecule has 0 unspecified atom stereocenters. The summed E-state index contributed by atoms with van der Waals surface area (Å²) in [5, 5.41) is 0. The highest BCUT2D eigenvalue weighted by Crippen LogP contribution is 2.25. The van der Waals surface area contributed by atoms with E-state index in [0.29, 0.717) is 6.42 Å². The van der Waals surface area contributed by atoms with Crippen molar-refractivity contribution < 1.29 is 17.9 Å². The zero-order valence-electron chi connectivity index (χ0n) is 8.55. The molecule has 1 aliphatic carbocycles. The fourth-order valence-electron chi connectivity index (χ4n) is 1.87. The van der Waals surface area contributed by atoms with Crippen molar-refractivity contribution in [3.8, 4) is 5.75 Å². The highest BCUT2D eigenvalue weighted by atomic mass is 19.2. The Morgan fingerprint density at radius 2 is 1.75 bits per heavy atom. The first-order valence-corrected chi connectivity index (χ1v) is 5.13. The first-order chi connectivity index (χ1) is 7.56. The van der Waals surface area contributed by atoms with Gasteiger partial charge in [0.2, 0.25) is 0 Å². The summed E-state index contributed by atoms with van der Waals surface area (Å²) in [6.45, 7) is 0. The molecule has 88 valence electrons. The molecule has 0 bridgehead atoms. The van der Waals surface area contributed by atoms with Crippen molar-refractivity contribution >= 4 is 0 Å². The Kier molecular flexibility index (Phi) is 3.05. The van der Waals surface area contributed by atoms with Crippen LogP contribution < -0.4 is 10.5 Å². The van der Waals surface area contributed by atoms with Crippen LogP contribution in [0.5, 0.6) is 5.75 Å². The fraction of sp³-hybridized carbons (Fsp3) is 0.455. The van der Waals surface area contributed by atoms with E-state index in [9.17, 15) is 13.2 Å². The molecule has 2 N–H and O–H groups in total. The molecule has 2 atom stereocenters.